The Morgan fingerprint density at radius 2 is 1.92 bits per heavy atom. The van der Waals surface area contributed by atoms with Crippen LogP contribution < -0.4 is 17.1 Å². The molecule has 0 saturated carbocycles. The monoisotopic (exact) mass is 172 g/mol. The molecule has 1 rings (SSSR count). The molecule has 1 heterocycles. The van der Waals surface area contributed by atoms with Gasteiger partial charge >= 0.3 is 11.4 Å². The number of H-pyrrole nitrogens is 2. The van der Waals surface area contributed by atoms with Crippen LogP contribution in [0.3, 0.4) is 0 Å². The highest BCUT2D eigenvalue weighted by atomic mass is 16.2. The van der Waals surface area contributed by atoms with E-state index in [4.69, 9.17) is 5.73 Å². The van der Waals surface area contributed by atoms with Crippen LogP contribution in [-0.4, -0.2) is 20.8 Å². The first-order valence-electron chi connectivity index (χ1n) is 3.78. The maximum atomic E-state index is 10.9. The largest absolute Gasteiger partial charge is 0.344 e. The van der Waals surface area contributed by atoms with E-state index in [1.165, 1.54) is 0 Å². The van der Waals surface area contributed by atoms with E-state index in [1.54, 1.807) is 0 Å². The van der Waals surface area contributed by atoms with Crippen molar-refractivity contribution in [2.45, 2.75) is 25.9 Å². The molecule has 0 bridgehead atoms. The van der Waals surface area contributed by atoms with Crippen LogP contribution in [0.4, 0.5) is 0 Å². The number of nitrogens with two attached hydrogens (primary N) is 1. The number of nitrogens with one attached hydrogen (secondary N) is 2. The molecule has 0 aliphatic carbocycles. The van der Waals surface area contributed by atoms with Gasteiger partial charge in [0.1, 0.15) is 0 Å². The zero-order chi connectivity index (χ0) is 9.14. The van der Waals surface area contributed by atoms with Crippen molar-refractivity contribution in [3.8, 4) is 0 Å². The van der Waals surface area contributed by atoms with E-state index in [1.807, 2.05) is 6.92 Å². The topological polar surface area (TPSA) is 96.7 Å². The molecule has 6 heteroatoms. The predicted molar refractivity (Wildman–Crippen MR) is 43.9 cm³/mol. The minimum Gasteiger partial charge on any atom is -0.326 e. The predicted octanol–water partition coefficient (Wildman–Crippen LogP) is -1.40. The molecule has 0 amide bonds. The van der Waals surface area contributed by atoms with Crippen LogP contribution in [0.5, 0.6) is 0 Å². The Morgan fingerprint density at radius 3 is 2.33 bits per heavy atom. The highest BCUT2D eigenvalue weighted by Gasteiger charge is 2.06. The second kappa shape index (κ2) is 3.40. The fraction of sp³-hybridized carbons (Fsp3) is 0.667. The molecule has 0 aliphatic rings. The van der Waals surface area contributed by atoms with Gasteiger partial charge in [0, 0.05) is 12.6 Å². The first-order chi connectivity index (χ1) is 5.65. The molecule has 0 fully saturated rings. The van der Waals surface area contributed by atoms with E-state index in [2.05, 4.69) is 10.2 Å². The Hall–Kier alpha value is -1.30. The maximum Gasteiger partial charge on any atom is 0.344 e. The molecule has 1 unspecified atom stereocenters. The summed E-state index contributed by atoms with van der Waals surface area (Å²) in [6.45, 7) is 2.16. The molecule has 0 spiro atoms. The van der Waals surface area contributed by atoms with E-state index < -0.39 is 11.4 Å². The molecule has 12 heavy (non-hydrogen) atoms. The van der Waals surface area contributed by atoms with Crippen molar-refractivity contribution in [1.29, 1.82) is 0 Å². The van der Waals surface area contributed by atoms with Crippen molar-refractivity contribution in [2.24, 2.45) is 5.73 Å². The lowest BCUT2D eigenvalue weighted by Gasteiger charge is -2.05. The van der Waals surface area contributed by atoms with Gasteiger partial charge in [0.2, 0.25) is 0 Å². The van der Waals surface area contributed by atoms with Crippen LogP contribution >= 0.6 is 0 Å². The third kappa shape index (κ3) is 1.65. The van der Waals surface area contributed by atoms with Crippen molar-refractivity contribution >= 4 is 0 Å². The summed E-state index contributed by atoms with van der Waals surface area (Å²) < 4.78 is 1.05. The summed E-state index contributed by atoms with van der Waals surface area (Å²) in [5, 5.41) is 4.36. The van der Waals surface area contributed by atoms with E-state index in [0.29, 0.717) is 0 Å². The number of hydrogen-bond donors (Lipinski definition) is 3. The summed E-state index contributed by atoms with van der Waals surface area (Å²) in [5.74, 6) is 0. The Kier molecular flexibility index (Phi) is 2.49. The summed E-state index contributed by atoms with van der Waals surface area (Å²) in [6.07, 6.45) is 0.733. The second-order valence-corrected chi connectivity index (χ2v) is 2.64. The molecule has 68 valence electrons. The van der Waals surface area contributed by atoms with E-state index >= 15 is 0 Å². The zero-order valence-electron chi connectivity index (χ0n) is 6.83. The number of rotatable bonds is 3. The molecule has 0 saturated heterocycles. The molecule has 0 radical (unpaired) electrons. The van der Waals surface area contributed by atoms with Crippen LogP contribution in [0.25, 0.3) is 0 Å². The lowest BCUT2D eigenvalue weighted by atomic mass is 10.2. The molecular weight excluding hydrogens is 160 g/mol. The summed E-state index contributed by atoms with van der Waals surface area (Å²) in [6, 6.07) is -0.153. The third-order valence-electron chi connectivity index (χ3n) is 1.71. The Balaban J connectivity index is 2.88. The van der Waals surface area contributed by atoms with Crippen molar-refractivity contribution in [1.82, 2.24) is 14.8 Å². The lowest BCUT2D eigenvalue weighted by molar-refractivity contribution is 0.518. The van der Waals surface area contributed by atoms with Crippen LogP contribution in [0, 0.1) is 0 Å². The maximum absolute atomic E-state index is 10.9. The van der Waals surface area contributed by atoms with Crippen molar-refractivity contribution in [3.05, 3.63) is 21.0 Å². The number of hydrogen-bond acceptors (Lipinski definition) is 3. The van der Waals surface area contributed by atoms with Crippen molar-refractivity contribution in [3.63, 3.8) is 0 Å². The number of aromatic nitrogens is 3. The smallest absolute Gasteiger partial charge is 0.326 e. The van der Waals surface area contributed by atoms with Gasteiger partial charge in [0.15, 0.2) is 0 Å². The Morgan fingerprint density at radius 1 is 1.42 bits per heavy atom. The van der Waals surface area contributed by atoms with Crippen LogP contribution in [0.15, 0.2) is 9.59 Å². The minimum absolute atomic E-state index is 0.153. The average molecular weight is 172 g/mol. The Labute approximate surface area is 68.4 Å². The highest BCUT2D eigenvalue weighted by Crippen LogP contribution is 1.86. The van der Waals surface area contributed by atoms with Crippen molar-refractivity contribution < 1.29 is 0 Å². The van der Waals surface area contributed by atoms with Gasteiger partial charge in [-0.15, -0.1) is 0 Å². The van der Waals surface area contributed by atoms with Gasteiger partial charge in [0.05, 0.1) is 0 Å². The fourth-order valence-electron chi connectivity index (χ4n) is 0.864. The molecule has 1 aromatic rings. The zero-order valence-corrected chi connectivity index (χ0v) is 6.83. The van der Waals surface area contributed by atoms with Gasteiger partial charge < -0.3 is 5.73 Å². The molecule has 0 aromatic carbocycles. The van der Waals surface area contributed by atoms with Gasteiger partial charge in [-0.05, 0) is 6.42 Å². The van der Waals surface area contributed by atoms with E-state index in [0.717, 1.165) is 11.0 Å². The van der Waals surface area contributed by atoms with E-state index in [-0.39, 0.29) is 12.6 Å². The fourth-order valence-corrected chi connectivity index (χ4v) is 0.864. The van der Waals surface area contributed by atoms with Crippen LogP contribution in [0.2, 0.25) is 0 Å². The summed E-state index contributed by atoms with van der Waals surface area (Å²) in [5.41, 5.74) is 4.69. The highest BCUT2D eigenvalue weighted by molar-refractivity contribution is 4.69. The molecular formula is C6H12N4O2. The van der Waals surface area contributed by atoms with Crippen molar-refractivity contribution in [2.75, 3.05) is 0 Å². The van der Waals surface area contributed by atoms with Gasteiger partial charge in [-0.25, -0.2) is 24.4 Å². The summed E-state index contributed by atoms with van der Waals surface area (Å²) in [7, 11) is 0. The SMILES string of the molecule is CCC(N)Cn1c(=O)[nH][nH]c1=O. The van der Waals surface area contributed by atoms with E-state index in [9.17, 15) is 9.59 Å². The Bertz CT molecular complexity index is 319. The molecule has 1 atom stereocenters. The number of nitrogens with zero attached hydrogens (tertiary/aromatic N) is 1. The first kappa shape index (κ1) is 8.79. The number of aromatic amines is 2. The summed E-state index contributed by atoms with van der Waals surface area (Å²) in [4.78, 5) is 21.8. The summed E-state index contributed by atoms with van der Waals surface area (Å²) >= 11 is 0. The normalized spacial score (nSPS) is 13.2. The van der Waals surface area contributed by atoms with Gasteiger partial charge in [-0.1, -0.05) is 6.92 Å². The molecule has 0 aliphatic heterocycles. The molecule has 6 nitrogen and oxygen atoms in total. The standard InChI is InChI=1S/C6H12N4O2/c1-2-4(7)3-10-5(11)8-9-6(10)12/h4H,2-3,7H2,1H3,(H,8,11)(H,9,12). The average Bonchev–Trinajstić information content (AvgIpc) is 2.35. The second-order valence-electron chi connectivity index (χ2n) is 2.64. The van der Waals surface area contributed by atoms with Crippen LogP contribution in [-0.2, 0) is 6.54 Å². The lowest BCUT2D eigenvalue weighted by Crippen LogP contribution is -2.35. The first-order valence-corrected chi connectivity index (χ1v) is 3.78. The van der Waals surface area contributed by atoms with Gasteiger partial charge in [-0.3, -0.25) is 0 Å². The third-order valence-corrected chi connectivity index (χ3v) is 1.71. The van der Waals surface area contributed by atoms with Gasteiger partial charge in [0.25, 0.3) is 0 Å². The van der Waals surface area contributed by atoms with Gasteiger partial charge in [-0.2, -0.15) is 0 Å². The minimum atomic E-state index is -0.441. The quantitative estimate of drug-likeness (QED) is 0.523. The van der Waals surface area contributed by atoms with Crippen LogP contribution in [0.1, 0.15) is 13.3 Å². The molecule has 4 N–H and O–H groups in total. The molecule has 1 aromatic heterocycles.